The lowest BCUT2D eigenvalue weighted by molar-refractivity contribution is -0.138. The van der Waals surface area contributed by atoms with Gasteiger partial charge in [0.15, 0.2) is 5.82 Å². The van der Waals surface area contributed by atoms with E-state index in [1.165, 1.54) is 20.4 Å². The molecule has 88 valence electrons. The van der Waals surface area contributed by atoms with Crippen LogP contribution in [0.15, 0.2) is 6.20 Å². The van der Waals surface area contributed by atoms with Crippen molar-refractivity contribution in [3.8, 4) is 6.01 Å². The fraction of sp³-hybridized carbons (Fsp3) is 0.444. The number of esters is 1. The summed E-state index contributed by atoms with van der Waals surface area (Å²) in [6.07, 6.45) is 1.41. The van der Waals surface area contributed by atoms with Crippen LogP contribution in [0.5, 0.6) is 6.01 Å². The molecule has 0 bridgehead atoms. The van der Waals surface area contributed by atoms with Crippen LogP contribution in [0, 0.1) is 0 Å². The molecule has 0 N–H and O–H groups in total. The Morgan fingerprint density at radius 2 is 2.25 bits per heavy atom. The van der Waals surface area contributed by atoms with E-state index in [1.54, 1.807) is 11.9 Å². The standard InChI is InChI=1S/C9H12ClN3O3/c1-13(5-7(14)15-2)8-6(10)4-11-9(12-8)16-3/h4H,5H2,1-3H3. The van der Waals surface area contributed by atoms with Gasteiger partial charge in [0.2, 0.25) is 0 Å². The van der Waals surface area contributed by atoms with Gasteiger partial charge in [0, 0.05) is 7.05 Å². The first-order valence-corrected chi connectivity index (χ1v) is 4.80. The molecule has 16 heavy (non-hydrogen) atoms. The van der Waals surface area contributed by atoms with Gasteiger partial charge in [-0.25, -0.2) is 4.98 Å². The van der Waals surface area contributed by atoms with E-state index in [0.717, 1.165) is 0 Å². The van der Waals surface area contributed by atoms with Crippen LogP contribution < -0.4 is 9.64 Å². The van der Waals surface area contributed by atoms with Crippen LogP contribution in [0.2, 0.25) is 5.02 Å². The average molecular weight is 246 g/mol. The van der Waals surface area contributed by atoms with Crippen molar-refractivity contribution in [3.63, 3.8) is 0 Å². The maximum Gasteiger partial charge on any atom is 0.325 e. The molecule has 0 aliphatic heterocycles. The summed E-state index contributed by atoms with van der Waals surface area (Å²) in [6, 6.07) is 0.191. The molecule has 0 spiro atoms. The number of likely N-dealkylation sites (N-methyl/N-ethyl adjacent to an activating group) is 1. The summed E-state index contributed by atoms with van der Waals surface area (Å²) < 4.78 is 9.41. The second-order valence-corrected chi connectivity index (χ2v) is 3.37. The van der Waals surface area contributed by atoms with E-state index in [2.05, 4.69) is 14.7 Å². The monoisotopic (exact) mass is 245 g/mol. The molecule has 1 aromatic heterocycles. The van der Waals surface area contributed by atoms with Crippen LogP contribution >= 0.6 is 11.6 Å². The van der Waals surface area contributed by atoms with Crippen LogP contribution in [0.4, 0.5) is 5.82 Å². The molecular formula is C9H12ClN3O3. The van der Waals surface area contributed by atoms with Crippen molar-refractivity contribution in [2.45, 2.75) is 0 Å². The van der Waals surface area contributed by atoms with Crippen LogP contribution in [-0.2, 0) is 9.53 Å². The third-order valence-electron chi connectivity index (χ3n) is 1.84. The second kappa shape index (κ2) is 5.50. The molecule has 0 unspecified atom stereocenters. The maximum atomic E-state index is 11.1. The summed E-state index contributed by atoms with van der Waals surface area (Å²) in [5.74, 6) is 0.0371. The lowest BCUT2D eigenvalue weighted by atomic mass is 10.5. The maximum absolute atomic E-state index is 11.1. The van der Waals surface area contributed by atoms with Gasteiger partial charge in [-0.1, -0.05) is 11.6 Å². The van der Waals surface area contributed by atoms with Crippen LogP contribution in [0.25, 0.3) is 0 Å². The van der Waals surface area contributed by atoms with Crippen molar-refractivity contribution in [2.24, 2.45) is 0 Å². The molecule has 1 aromatic rings. The molecule has 6 nitrogen and oxygen atoms in total. The SMILES string of the molecule is COC(=O)CN(C)c1nc(OC)ncc1Cl. The lowest BCUT2D eigenvalue weighted by Gasteiger charge is -2.17. The molecule has 0 radical (unpaired) electrons. The predicted octanol–water partition coefficient (Wildman–Crippen LogP) is 0.748. The highest BCUT2D eigenvalue weighted by Gasteiger charge is 2.13. The van der Waals surface area contributed by atoms with Gasteiger partial charge in [0.1, 0.15) is 11.6 Å². The molecular weight excluding hydrogens is 234 g/mol. The van der Waals surface area contributed by atoms with Crippen LogP contribution in [0.3, 0.4) is 0 Å². The Hall–Kier alpha value is -1.56. The van der Waals surface area contributed by atoms with E-state index in [4.69, 9.17) is 16.3 Å². The number of halogens is 1. The van der Waals surface area contributed by atoms with Gasteiger partial charge in [0.25, 0.3) is 0 Å². The zero-order valence-corrected chi connectivity index (χ0v) is 9.98. The van der Waals surface area contributed by atoms with Crippen molar-refractivity contribution < 1.29 is 14.3 Å². The Bertz CT molecular complexity index is 386. The molecule has 0 amide bonds. The average Bonchev–Trinajstić information content (AvgIpc) is 2.29. The largest absolute Gasteiger partial charge is 0.468 e. The topological polar surface area (TPSA) is 64.5 Å². The highest BCUT2D eigenvalue weighted by molar-refractivity contribution is 6.32. The Morgan fingerprint density at radius 3 is 2.81 bits per heavy atom. The first-order chi connectivity index (χ1) is 7.58. The molecule has 0 aromatic carbocycles. The smallest absolute Gasteiger partial charge is 0.325 e. The summed E-state index contributed by atoms with van der Waals surface area (Å²) in [5, 5.41) is 0.340. The van der Waals surface area contributed by atoms with Gasteiger partial charge < -0.3 is 14.4 Å². The fourth-order valence-electron chi connectivity index (χ4n) is 1.04. The molecule has 0 aliphatic rings. The van der Waals surface area contributed by atoms with Crippen molar-refractivity contribution in [1.29, 1.82) is 0 Å². The summed E-state index contributed by atoms with van der Waals surface area (Å²) >= 11 is 5.90. The van der Waals surface area contributed by atoms with Gasteiger partial charge >= 0.3 is 12.0 Å². The van der Waals surface area contributed by atoms with E-state index in [0.29, 0.717) is 10.8 Å². The normalized spacial score (nSPS) is 9.75. The highest BCUT2D eigenvalue weighted by Crippen LogP contribution is 2.23. The Balaban J connectivity index is 2.88. The van der Waals surface area contributed by atoms with Crippen LogP contribution in [-0.4, -0.2) is 43.7 Å². The quantitative estimate of drug-likeness (QED) is 0.730. The number of rotatable bonds is 4. The number of methoxy groups -OCH3 is 2. The van der Waals surface area contributed by atoms with Crippen molar-refractivity contribution in [1.82, 2.24) is 9.97 Å². The van der Waals surface area contributed by atoms with Gasteiger partial charge in [-0.2, -0.15) is 4.98 Å². The van der Waals surface area contributed by atoms with Crippen molar-refractivity contribution >= 4 is 23.4 Å². The number of carbonyl (C=O) groups is 1. The van der Waals surface area contributed by atoms with Crippen molar-refractivity contribution in [2.75, 3.05) is 32.7 Å². The van der Waals surface area contributed by atoms with E-state index in [9.17, 15) is 4.79 Å². The zero-order chi connectivity index (χ0) is 12.1. The molecule has 0 saturated heterocycles. The number of aromatic nitrogens is 2. The van der Waals surface area contributed by atoms with E-state index < -0.39 is 0 Å². The third kappa shape index (κ3) is 2.96. The second-order valence-electron chi connectivity index (χ2n) is 2.96. The zero-order valence-electron chi connectivity index (χ0n) is 9.23. The lowest BCUT2D eigenvalue weighted by Crippen LogP contribution is -2.27. The fourth-order valence-corrected chi connectivity index (χ4v) is 1.28. The van der Waals surface area contributed by atoms with Crippen LogP contribution in [0.1, 0.15) is 0 Å². The summed E-state index contributed by atoms with van der Waals surface area (Å²) in [5.41, 5.74) is 0. The molecule has 0 atom stereocenters. The van der Waals surface area contributed by atoms with Gasteiger partial charge in [-0.3, -0.25) is 4.79 Å². The number of hydrogen-bond donors (Lipinski definition) is 0. The molecule has 0 fully saturated rings. The number of carbonyl (C=O) groups excluding carboxylic acids is 1. The predicted molar refractivity (Wildman–Crippen MR) is 58.9 cm³/mol. The van der Waals surface area contributed by atoms with Gasteiger partial charge in [-0.15, -0.1) is 0 Å². The minimum absolute atomic E-state index is 0.0520. The number of ether oxygens (including phenoxy) is 2. The van der Waals surface area contributed by atoms with E-state index >= 15 is 0 Å². The van der Waals surface area contributed by atoms with Gasteiger partial charge in [-0.05, 0) is 0 Å². The molecule has 7 heteroatoms. The Morgan fingerprint density at radius 1 is 1.56 bits per heavy atom. The third-order valence-corrected chi connectivity index (χ3v) is 2.11. The molecule has 1 heterocycles. The van der Waals surface area contributed by atoms with Crippen molar-refractivity contribution in [3.05, 3.63) is 11.2 Å². The minimum Gasteiger partial charge on any atom is -0.468 e. The molecule has 1 rings (SSSR count). The summed E-state index contributed by atoms with van der Waals surface area (Å²) in [7, 11) is 4.44. The van der Waals surface area contributed by atoms with E-state index in [-0.39, 0.29) is 18.5 Å². The number of hydrogen-bond acceptors (Lipinski definition) is 6. The summed E-state index contributed by atoms with van der Waals surface area (Å²) in [4.78, 5) is 20.5. The van der Waals surface area contributed by atoms with E-state index in [1.807, 2.05) is 0 Å². The first-order valence-electron chi connectivity index (χ1n) is 4.43. The Kier molecular flexibility index (Phi) is 4.30. The highest BCUT2D eigenvalue weighted by atomic mass is 35.5. The molecule has 0 saturated carbocycles. The first kappa shape index (κ1) is 12.5. The number of anilines is 1. The van der Waals surface area contributed by atoms with Gasteiger partial charge in [0.05, 0.1) is 20.4 Å². The molecule has 0 aliphatic carbocycles. The summed E-state index contributed by atoms with van der Waals surface area (Å²) in [6.45, 7) is 0.0520. The number of nitrogens with zero attached hydrogens (tertiary/aromatic N) is 3. The Labute approximate surface area is 98.1 Å². The minimum atomic E-state index is -0.379.